The van der Waals surface area contributed by atoms with Gasteiger partial charge in [0.15, 0.2) is 0 Å². The third kappa shape index (κ3) is 3.32. The van der Waals surface area contributed by atoms with Crippen molar-refractivity contribution in [1.29, 1.82) is 0 Å². The highest BCUT2D eigenvalue weighted by Gasteiger charge is 2.26. The number of nitrogens with two attached hydrogens (primary N) is 1. The predicted molar refractivity (Wildman–Crippen MR) is 74.7 cm³/mol. The Hall–Kier alpha value is -1.53. The van der Waals surface area contributed by atoms with Crippen molar-refractivity contribution in [2.45, 2.75) is 32.4 Å². The molecule has 110 valence electrons. The lowest BCUT2D eigenvalue weighted by Crippen LogP contribution is -2.46. The molecule has 0 spiro atoms. The number of nitrogens with zero attached hydrogens (tertiary/aromatic N) is 2. The Labute approximate surface area is 117 Å². The molecule has 6 heteroatoms. The van der Waals surface area contributed by atoms with Crippen molar-refractivity contribution in [2.75, 3.05) is 13.1 Å². The van der Waals surface area contributed by atoms with Crippen LogP contribution in [0, 0.1) is 21.8 Å². The SMILES string of the molecule is CCC1CN(Cc2cc(F)ccc2[N+](=O)[O-])CCC1N. The topological polar surface area (TPSA) is 72.4 Å². The molecule has 20 heavy (non-hydrogen) atoms. The summed E-state index contributed by atoms with van der Waals surface area (Å²) in [6.07, 6.45) is 1.87. The van der Waals surface area contributed by atoms with Crippen LogP contribution in [-0.4, -0.2) is 29.0 Å². The number of likely N-dealkylation sites (tertiary alicyclic amines) is 1. The molecule has 0 aliphatic carbocycles. The highest BCUT2D eigenvalue weighted by atomic mass is 19.1. The molecule has 0 aromatic heterocycles. The quantitative estimate of drug-likeness (QED) is 0.679. The predicted octanol–water partition coefficient (Wildman–Crippen LogP) is 2.29. The van der Waals surface area contributed by atoms with Gasteiger partial charge in [-0.25, -0.2) is 4.39 Å². The first kappa shape index (κ1) is 14.9. The number of rotatable bonds is 4. The molecule has 1 fully saturated rings. The summed E-state index contributed by atoms with van der Waals surface area (Å²) in [5.74, 6) is -0.0392. The van der Waals surface area contributed by atoms with Gasteiger partial charge in [0.05, 0.1) is 4.92 Å². The first-order valence-electron chi connectivity index (χ1n) is 6.92. The summed E-state index contributed by atoms with van der Waals surface area (Å²) in [6.45, 7) is 4.10. The van der Waals surface area contributed by atoms with E-state index in [0.717, 1.165) is 32.0 Å². The summed E-state index contributed by atoms with van der Waals surface area (Å²) in [5, 5.41) is 11.0. The number of nitro groups is 1. The lowest BCUT2D eigenvalue weighted by Gasteiger charge is -2.36. The maximum absolute atomic E-state index is 13.3. The minimum Gasteiger partial charge on any atom is -0.327 e. The molecule has 1 aromatic carbocycles. The van der Waals surface area contributed by atoms with E-state index in [4.69, 9.17) is 5.73 Å². The molecule has 1 aromatic rings. The van der Waals surface area contributed by atoms with E-state index in [-0.39, 0.29) is 11.7 Å². The summed E-state index contributed by atoms with van der Waals surface area (Å²) < 4.78 is 13.3. The van der Waals surface area contributed by atoms with Gasteiger partial charge in [-0.15, -0.1) is 0 Å². The van der Waals surface area contributed by atoms with Gasteiger partial charge in [-0.1, -0.05) is 13.3 Å². The van der Waals surface area contributed by atoms with Gasteiger partial charge >= 0.3 is 0 Å². The second-order valence-corrected chi connectivity index (χ2v) is 5.39. The number of piperidine rings is 1. The molecule has 2 atom stereocenters. The number of hydrogen-bond donors (Lipinski definition) is 1. The molecule has 0 radical (unpaired) electrons. The minimum absolute atomic E-state index is 0.0191. The van der Waals surface area contributed by atoms with Gasteiger partial charge < -0.3 is 5.73 Å². The van der Waals surface area contributed by atoms with Crippen LogP contribution in [0.1, 0.15) is 25.3 Å². The van der Waals surface area contributed by atoms with E-state index in [1.165, 1.54) is 12.1 Å². The van der Waals surface area contributed by atoms with Gasteiger partial charge in [0.2, 0.25) is 0 Å². The summed E-state index contributed by atoms with van der Waals surface area (Å²) in [7, 11) is 0. The fourth-order valence-corrected chi connectivity index (χ4v) is 2.80. The Morgan fingerprint density at radius 2 is 2.30 bits per heavy atom. The number of benzene rings is 1. The van der Waals surface area contributed by atoms with Gasteiger partial charge in [0, 0.05) is 30.8 Å². The molecule has 1 aliphatic heterocycles. The second kappa shape index (κ2) is 6.28. The number of nitro benzene ring substituents is 1. The van der Waals surface area contributed by atoms with Crippen LogP contribution in [0.5, 0.6) is 0 Å². The van der Waals surface area contributed by atoms with Gasteiger partial charge in [-0.2, -0.15) is 0 Å². The normalized spacial score (nSPS) is 23.8. The van der Waals surface area contributed by atoms with Crippen molar-refractivity contribution in [3.8, 4) is 0 Å². The monoisotopic (exact) mass is 281 g/mol. The van der Waals surface area contributed by atoms with Gasteiger partial charge in [0.1, 0.15) is 5.82 Å². The van der Waals surface area contributed by atoms with E-state index in [0.29, 0.717) is 18.0 Å². The average Bonchev–Trinajstić information content (AvgIpc) is 2.40. The summed E-state index contributed by atoms with van der Waals surface area (Å²) >= 11 is 0. The summed E-state index contributed by atoms with van der Waals surface area (Å²) in [5.41, 5.74) is 6.46. The summed E-state index contributed by atoms with van der Waals surface area (Å²) in [4.78, 5) is 12.7. The van der Waals surface area contributed by atoms with Crippen LogP contribution in [0.4, 0.5) is 10.1 Å². The van der Waals surface area contributed by atoms with Crippen LogP contribution in [-0.2, 0) is 6.54 Å². The molecule has 0 amide bonds. The average molecular weight is 281 g/mol. The standard InChI is InChI=1S/C14H20FN3O2/c1-2-10-8-17(6-5-13(10)16)9-11-7-12(15)3-4-14(11)18(19)20/h3-4,7,10,13H,2,5-6,8-9,16H2,1H3. The van der Waals surface area contributed by atoms with Crippen LogP contribution in [0.25, 0.3) is 0 Å². The Bertz CT molecular complexity index is 495. The lowest BCUT2D eigenvalue weighted by molar-refractivity contribution is -0.385. The van der Waals surface area contributed by atoms with E-state index in [2.05, 4.69) is 11.8 Å². The Morgan fingerprint density at radius 3 is 2.95 bits per heavy atom. The van der Waals surface area contributed by atoms with Crippen LogP contribution in [0.2, 0.25) is 0 Å². The minimum atomic E-state index is -0.457. The maximum atomic E-state index is 13.3. The van der Waals surface area contributed by atoms with Gasteiger partial charge in [-0.3, -0.25) is 15.0 Å². The van der Waals surface area contributed by atoms with E-state index in [1.54, 1.807) is 0 Å². The molecule has 5 nitrogen and oxygen atoms in total. The zero-order chi connectivity index (χ0) is 14.7. The zero-order valence-electron chi connectivity index (χ0n) is 11.6. The van der Waals surface area contributed by atoms with Crippen molar-refractivity contribution in [3.05, 3.63) is 39.7 Å². The van der Waals surface area contributed by atoms with Crippen molar-refractivity contribution < 1.29 is 9.31 Å². The molecule has 1 aliphatic rings. The second-order valence-electron chi connectivity index (χ2n) is 5.39. The Balaban J connectivity index is 2.13. The van der Waals surface area contributed by atoms with E-state index >= 15 is 0 Å². The lowest BCUT2D eigenvalue weighted by atomic mass is 9.90. The molecule has 1 saturated heterocycles. The fourth-order valence-electron chi connectivity index (χ4n) is 2.80. The summed E-state index contributed by atoms with van der Waals surface area (Å²) in [6, 6.07) is 3.81. The molecular formula is C14H20FN3O2. The smallest absolute Gasteiger partial charge is 0.274 e. The molecule has 2 N–H and O–H groups in total. The molecule has 0 saturated carbocycles. The highest BCUT2D eigenvalue weighted by Crippen LogP contribution is 2.25. The maximum Gasteiger partial charge on any atom is 0.274 e. The third-order valence-electron chi connectivity index (χ3n) is 4.03. The van der Waals surface area contributed by atoms with Gasteiger partial charge in [-0.05, 0) is 31.0 Å². The molecule has 2 rings (SSSR count). The Kier molecular flexibility index (Phi) is 4.67. The van der Waals surface area contributed by atoms with Crippen molar-refractivity contribution in [2.24, 2.45) is 11.7 Å². The molecular weight excluding hydrogens is 261 g/mol. The van der Waals surface area contributed by atoms with Crippen LogP contribution < -0.4 is 5.73 Å². The highest BCUT2D eigenvalue weighted by molar-refractivity contribution is 5.40. The van der Waals surface area contributed by atoms with Crippen LogP contribution >= 0.6 is 0 Å². The molecule has 0 bridgehead atoms. The van der Waals surface area contributed by atoms with E-state index in [1.807, 2.05) is 0 Å². The first-order valence-corrected chi connectivity index (χ1v) is 6.92. The van der Waals surface area contributed by atoms with Crippen molar-refractivity contribution in [3.63, 3.8) is 0 Å². The number of hydrogen-bond acceptors (Lipinski definition) is 4. The fraction of sp³-hybridized carbons (Fsp3) is 0.571. The van der Waals surface area contributed by atoms with Crippen molar-refractivity contribution in [1.82, 2.24) is 4.90 Å². The van der Waals surface area contributed by atoms with Gasteiger partial charge in [0.25, 0.3) is 5.69 Å². The zero-order valence-corrected chi connectivity index (χ0v) is 11.6. The Morgan fingerprint density at radius 1 is 1.55 bits per heavy atom. The molecule has 1 heterocycles. The third-order valence-corrected chi connectivity index (χ3v) is 4.03. The number of halogens is 1. The van der Waals surface area contributed by atoms with E-state index < -0.39 is 10.7 Å². The largest absolute Gasteiger partial charge is 0.327 e. The van der Waals surface area contributed by atoms with Crippen LogP contribution in [0.3, 0.4) is 0 Å². The van der Waals surface area contributed by atoms with E-state index in [9.17, 15) is 14.5 Å². The first-order chi connectivity index (χ1) is 9.51. The molecule has 2 unspecified atom stereocenters. The van der Waals surface area contributed by atoms with Crippen molar-refractivity contribution >= 4 is 5.69 Å². The van der Waals surface area contributed by atoms with Crippen LogP contribution in [0.15, 0.2) is 18.2 Å².